The van der Waals surface area contributed by atoms with Crippen molar-refractivity contribution in [1.82, 2.24) is 4.98 Å². The van der Waals surface area contributed by atoms with Gasteiger partial charge in [0.25, 0.3) is 0 Å². The summed E-state index contributed by atoms with van der Waals surface area (Å²) in [5, 5.41) is 0.940. The van der Waals surface area contributed by atoms with E-state index in [-0.39, 0.29) is 17.2 Å². The first-order valence-corrected chi connectivity index (χ1v) is 11.4. The molecule has 2 saturated carbocycles. The molecule has 2 aliphatic rings. The zero-order valence-electron chi connectivity index (χ0n) is 16.2. The van der Waals surface area contributed by atoms with Gasteiger partial charge in [0.15, 0.2) is 0 Å². The Kier molecular flexibility index (Phi) is 4.93. The molecule has 0 N–H and O–H groups in total. The van der Waals surface area contributed by atoms with E-state index >= 15 is 0 Å². The number of hydrogen-bond donors (Lipinski definition) is 0. The van der Waals surface area contributed by atoms with E-state index in [1.54, 1.807) is 12.1 Å². The van der Waals surface area contributed by atoms with Crippen molar-refractivity contribution in [3.63, 3.8) is 0 Å². The summed E-state index contributed by atoms with van der Waals surface area (Å²) in [7, 11) is 0. The van der Waals surface area contributed by atoms with E-state index in [4.69, 9.17) is 0 Å². The lowest BCUT2D eigenvalue weighted by Gasteiger charge is -2.30. The number of nitrogens with zero attached hydrogens (tertiary/aromatic N) is 1. The van der Waals surface area contributed by atoms with Gasteiger partial charge in [0.1, 0.15) is 11.6 Å². The van der Waals surface area contributed by atoms with Crippen LogP contribution in [-0.2, 0) is 11.2 Å². The van der Waals surface area contributed by atoms with Gasteiger partial charge in [-0.2, -0.15) is 0 Å². The monoisotopic (exact) mass is 499 g/mol. The predicted octanol–water partition coefficient (Wildman–Crippen LogP) is 6.45. The van der Waals surface area contributed by atoms with Crippen LogP contribution in [-0.4, -0.2) is 10.8 Å². The third-order valence-corrected chi connectivity index (χ3v) is 7.75. The van der Waals surface area contributed by atoms with Crippen LogP contribution in [0.4, 0.5) is 4.39 Å². The maximum atomic E-state index is 13.8. The summed E-state index contributed by atoms with van der Waals surface area (Å²) in [5.41, 5.74) is 3.43. The molecule has 0 unspecified atom stereocenters. The second-order valence-corrected chi connectivity index (χ2v) is 9.97. The molecule has 1 atom stereocenters. The Hall–Kier alpha value is -1.82. The van der Waals surface area contributed by atoms with E-state index in [0.717, 1.165) is 48.6 Å². The molecule has 0 bridgehead atoms. The highest BCUT2D eigenvalue weighted by Crippen LogP contribution is 2.63. The SMILES string of the molecule is O=C(Cc1ccc(I)cc1)[C@H]1CC12CCC(c1ccnc3ccc(F)cc13)CC2. The Morgan fingerprint density at radius 3 is 2.62 bits per heavy atom. The van der Waals surface area contributed by atoms with E-state index in [0.29, 0.717) is 18.1 Å². The minimum Gasteiger partial charge on any atom is -0.299 e. The molecule has 2 aromatic carbocycles. The smallest absolute Gasteiger partial charge is 0.140 e. The van der Waals surface area contributed by atoms with E-state index in [9.17, 15) is 9.18 Å². The molecular weight excluding hydrogens is 476 g/mol. The summed E-state index contributed by atoms with van der Waals surface area (Å²) >= 11 is 2.29. The highest BCUT2D eigenvalue weighted by Gasteiger charge is 2.57. The molecular formula is C25H23FINO. The fourth-order valence-electron chi connectivity index (χ4n) is 5.28. The van der Waals surface area contributed by atoms with Gasteiger partial charge in [0.05, 0.1) is 5.52 Å². The molecule has 3 aromatic rings. The van der Waals surface area contributed by atoms with E-state index < -0.39 is 0 Å². The molecule has 5 rings (SSSR count). The molecule has 29 heavy (non-hydrogen) atoms. The number of benzene rings is 2. The van der Waals surface area contributed by atoms with Crippen molar-refractivity contribution in [2.75, 3.05) is 0 Å². The molecule has 148 valence electrons. The standard InChI is InChI=1S/C25H23FINO/c26-18-3-6-23-21(14-18)20(9-12-28-23)17-7-10-25(11-8-17)15-22(25)24(29)13-16-1-4-19(27)5-2-16/h1-6,9,12,14,17,22H,7-8,10-11,13,15H2/t17?,22-,25?/m1/s1. The largest absolute Gasteiger partial charge is 0.299 e. The summed E-state index contributed by atoms with van der Waals surface area (Å²) in [6.45, 7) is 0. The number of Topliss-reactive ketones (excluding diaryl/α,β-unsaturated/α-hetero) is 1. The van der Waals surface area contributed by atoms with Crippen LogP contribution in [0.5, 0.6) is 0 Å². The normalized spacial score (nSPS) is 26.0. The average molecular weight is 499 g/mol. The van der Waals surface area contributed by atoms with Gasteiger partial charge in [-0.1, -0.05) is 12.1 Å². The van der Waals surface area contributed by atoms with Crippen LogP contribution in [0.1, 0.15) is 49.1 Å². The average Bonchev–Trinajstić information content (AvgIpc) is 3.43. The van der Waals surface area contributed by atoms with Crippen molar-refractivity contribution in [3.8, 4) is 0 Å². The molecule has 0 amide bonds. The molecule has 1 spiro atoms. The minimum atomic E-state index is -0.206. The number of aromatic nitrogens is 1. The first-order valence-electron chi connectivity index (χ1n) is 10.4. The van der Waals surface area contributed by atoms with Crippen LogP contribution in [0.3, 0.4) is 0 Å². The maximum absolute atomic E-state index is 13.8. The summed E-state index contributed by atoms with van der Waals surface area (Å²) in [6, 6.07) is 15.2. The van der Waals surface area contributed by atoms with Crippen LogP contribution in [0, 0.1) is 20.7 Å². The lowest BCUT2D eigenvalue weighted by atomic mass is 9.74. The number of fused-ring (bicyclic) bond motifs is 1. The zero-order chi connectivity index (χ0) is 20.0. The lowest BCUT2D eigenvalue weighted by molar-refractivity contribution is -0.120. The van der Waals surface area contributed by atoms with Gasteiger partial charge in [0, 0.05) is 27.5 Å². The molecule has 2 fully saturated rings. The predicted molar refractivity (Wildman–Crippen MR) is 121 cm³/mol. The van der Waals surface area contributed by atoms with Gasteiger partial charge < -0.3 is 0 Å². The van der Waals surface area contributed by atoms with Crippen LogP contribution in [0.25, 0.3) is 10.9 Å². The van der Waals surface area contributed by atoms with E-state index in [1.165, 1.54) is 15.2 Å². The fourth-order valence-corrected chi connectivity index (χ4v) is 5.64. The summed E-state index contributed by atoms with van der Waals surface area (Å²) in [5.74, 6) is 0.860. The lowest BCUT2D eigenvalue weighted by Crippen LogP contribution is -2.20. The first kappa shape index (κ1) is 19.2. The van der Waals surface area contributed by atoms with Crippen LogP contribution in [0.2, 0.25) is 0 Å². The Morgan fingerprint density at radius 2 is 1.86 bits per heavy atom. The molecule has 1 aromatic heterocycles. The second-order valence-electron chi connectivity index (χ2n) is 8.72. The van der Waals surface area contributed by atoms with Gasteiger partial charge in [0.2, 0.25) is 0 Å². The molecule has 0 saturated heterocycles. The number of carbonyl (C=O) groups is 1. The van der Waals surface area contributed by atoms with Crippen LogP contribution in [0.15, 0.2) is 54.7 Å². The molecule has 1 heterocycles. The van der Waals surface area contributed by atoms with Gasteiger partial charge >= 0.3 is 0 Å². The molecule has 4 heteroatoms. The molecule has 0 radical (unpaired) electrons. The fraction of sp³-hybridized carbons (Fsp3) is 0.360. The number of carbonyl (C=O) groups excluding carboxylic acids is 1. The number of ketones is 1. The number of halogens is 2. The van der Waals surface area contributed by atoms with E-state index in [1.807, 2.05) is 6.20 Å². The Bertz CT molecular complexity index is 1070. The van der Waals surface area contributed by atoms with Gasteiger partial charge in [-0.15, -0.1) is 0 Å². The highest BCUT2D eigenvalue weighted by molar-refractivity contribution is 14.1. The zero-order valence-corrected chi connectivity index (χ0v) is 18.4. The van der Waals surface area contributed by atoms with Crippen molar-refractivity contribution in [2.24, 2.45) is 11.3 Å². The van der Waals surface area contributed by atoms with Gasteiger partial charge in [-0.25, -0.2) is 4.39 Å². The third kappa shape index (κ3) is 3.72. The van der Waals surface area contributed by atoms with Crippen LogP contribution >= 0.6 is 22.6 Å². The summed E-state index contributed by atoms with van der Waals surface area (Å²) in [4.78, 5) is 17.2. The number of hydrogen-bond acceptors (Lipinski definition) is 2. The Labute approximate surface area is 184 Å². The third-order valence-electron chi connectivity index (χ3n) is 7.03. The summed E-state index contributed by atoms with van der Waals surface area (Å²) < 4.78 is 15.0. The van der Waals surface area contributed by atoms with E-state index in [2.05, 4.69) is 57.9 Å². The topological polar surface area (TPSA) is 30.0 Å². The maximum Gasteiger partial charge on any atom is 0.140 e. The van der Waals surface area contributed by atoms with Crippen molar-refractivity contribution < 1.29 is 9.18 Å². The Morgan fingerprint density at radius 1 is 1.10 bits per heavy atom. The van der Waals surface area contributed by atoms with Crippen LogP contribution < -0.4 is 0 Å². The molecule has 2 nitrogen and oxygen atoms in total. The van der Waals surface area contributed by atoms with Gasteiger partial charge in [-0.3, -0.25) is 9.78 Å². The van der Waals surface area contributed by atoms with Crippen molar-refractivity contribution >= 4 is 39.3 Å². The second kappa shape index (κ2) is 7.46. The molecule has 2 aliphatic carbocycles. The van der Waals surface area contributed by atoms with Crippen molar-refractivity contribution in [1.29, 1.82) is 0 Å². The summed E-state index contributed by atoms with van der Waals surface area (Å²) in [6.07, 6.45) is 7.78. The Balaban J connectivity index is 1.26. The number of pyridine rings is 1. The minimum absolute atomic E-state index is 0.206. The first-order chi connectivity index (χ1) is 14.0. The highest BCUT2D eigenvalue weighted by atomic mass is 127. The van der Waals surface area contributed by atoms with Gasteiger partial charge in [-0.05, 0) is 114 Å². The molecule has 0 aliphatic heterocycles. The quantitative estimate of drug-likeness (QED) is 0.386. The van der Waals surface area contributed by atoms with Crippen molar-refractivity contribution in [3.05, 3.63) is 75.2 Å². The number of rotatable bonds is 4. The van der Waals surface area contributed by atoms with Crippen molar-refractivity contribution in [2.45, 2.75) is 44.4 Å².